The summed E-state index contributed by atoms with van der Waals surface area (Å²) in [5.41, 5.74) is 0.780. The van der Waals surface area contributed by atoms with Gasteiger partial charge in [-0.3, -0.25) is 0 Å². The van der Waals surface area contributed by atoms with Crippen molar-refractivity contribution in [1.82, 2.24) is 4.98 Å². The summed E-state index contributed by atoms with van der Waals surface area (Å²) in [4.78, 5) is 3.83. The van der Waals surface area contributed by atoms with E-state index >= 15 is 0 Å². The molecule has 2 heteroatoms. The van der Waals surface area contributed by atoms with Crippen LogP contribution in [0.5, 0.6) is 5.88 Å². The topological polar surface area (TPSA) is 33.1 Å². The molecule has 0 bridgehead atoms. The Morgan fingerprint density at radius 1 is 1.50 bits per heavy atom. The summed E-state index contributed by atoms with van der Waals surface area (Å²) in [6.45, 7) is 1.91. The Morgan fingerprint density at radius 3 is 2.90 bits per heavy atom. The van der Waals surface area contributed by atoms with Crippen molar-refractivity contribution in [1.29, 1.82) is 0 Å². The minimum Gasteiger partial charge on any atom is -0.493 e. The summed E-state index contributed by atoms with van der Waals surface area (Å²) >= 11 is 0. The van der Waals surface area contributed by atoms with E-state index in [1.165, 1.54) is 0 Å². The van der Waals surface area contributed by atoms with Gasteiger partial charge < -0.3 is 5.11 Å². The fraction of sp³-hybridized carbons (Fsp3) is 0.125. The van der Waals surface area contributed by atoms with Gasteiger partial charge in [0, 0.05) is 6.07 Å². The second-order valence-corrected chi connectivity index (χ2v) is 1.92. The first-order chi connectivity index (χ1) is 4.83. The molecular weight excluding hydrogens is 126 g/mol. The van der Waals surface area contributed by atoms with Crippen LogP contribution in [0.4, 0.5) is 0 Å². The van der Waals surface area contributed by atoms with Crippen LogP contribution in [-0.2, 0) is 0 Å². The van der Waals surface area contributed by atoms with Crippen LogP contribution in [0.3, 0.4) is 0 Å². The molecule has 0 unspecified atom stereocenters. The summed E-state index contributed by atoms with van der Waals surface area (Å²) < 4.78 is 0. The van der Waals surface area contributed by atoms with Crippen molar-refractivity contribution >= 4 is 6.08 Å². The van der Waals surface area contributed by atoms with E-state index in [1.807, 2.05) is 25.1 Å². The summed E-state index contributed by atoms with van der Waals surface area (Å²) in [6, 6.07) is 5.14. The lowest BCUT2D eigenvalue weighted by molar-refractivity contribution is 0.453. The Balaban J connectivity index is 2.95. The van der Waals surface area contributed by atoms with E-state index in [0.717, 1.165) is 5.69 Å². The van der Waals surface area contributed by atoms with E-state index in [1.54, 1.807) is 12.1 Å². The quantitative estimate of drug-likeness (QED) is 0.637. The number of allylic oxidation sites excluding steroid dienone is 1. The van der Waals surface area contributed by atoms with Gasteiger partial charge in [0.1, 0.15) is 0 Å². The van der Waals surface area contributed by atoms with Crippen molar-refractivity contribution in [3.8, 4) is 5.88 Å². The molecule has 10 heavy (non-hydrogen) atoms. The van der Waals surface area contributed by atoms with Gasteiger partial charge >= 0.3 is 0 Å². The fourth-order valence-corrected chi connectivity index (χ4v) is 0.703. The third kappa shape index (κ3) is 1.58. The second kappa shape index (κ2) is 3.01. The van der Waals surface area contributed by atoms with E-state index < -0.39 is 0 Å². The SMILES string of the molecule is C/C=C\c1cccc(O)n1. The first kappa shape index (κ1) is 6.81. The van der Waals surface area contributed by atoms with E-state index in [2.05, 4.69) is 4.98 Å². The molecule has 1 aromatic rings. The highest BCUT2D eigenvalue weighted by Crippen LogP contribution is 2.05. The van der Waals surface area contributed by atoms with Crippen molar-refractivity contribution in [2.45, 2.75) is 6.92 Å². The Kier molecular flexibility index (Phi) is 2.05. The molecule has 0 saturated heterocycles. The van der Waals surface area contributed by atoms with Crippen molar-refractivity contribution in [3.63, 3.8) is 0 Å². The minimum atomic E-state index is 0.0654. The maximum Gasteiger partial charge on any atom is 0.211 e. The van der Waals surface area contributed by atoms with Crippen LogP contribution in [-0.4, -0.2) is 10.1 Å². The maximum absolute atomic E-state index is 8.89. The molecule has 0 saturated carbocycles. The lowest BCUT2D eigenvalue weighted by atomic mass is 10.3. The minimum absolute atomic E-state index is 0.0654. The lowest BCUT2D eigenvalue weighted by Crippen LogP contribution is -1.77. The van der Waals surface area contributed by atoms with Gasteiger partial charge in [-0.1, -0.05) is 12.1 Å². The number of pyridine rings is 1. The van der Waals surface area contributed by atoms with Gasteiger partial charge in [0.2, 0.25) is 5.88 Å². The lowest BCUT2D eigenvalue weighted by Gasteiger charge is -1.91. The first-order valence-electron chi connectivity index (χ1n) is 3.11. The monoisotopic (exact) mass is 135 g/mol. The summed E-state index contributed by atoms with van der Waals surface area (Å²) in [5, 5.41) is 8.89. The molecule has 0 atom stereocenters. The van der Waals surface area contributed by atoms with Crippen molar-refractivity contribution in [3.05, 3.63) is 30.0 Å². The first-order valence-corrected chi connectivity index (χ1v) is 3.11. The van der Waals surface area contributed by atoms with E-state index in [4.69, 9.17) is 5.11 Å². The van der Waals surface area contributed by atoms with Crippen molar-refractivity contribution in [2.75, 3.05) is 0 Å². The molecule has 1 rings (SSSR count). The summed E-state index contributed by atoms with van der Waals surface area (Å²) in [7, 11) is 0. The zero-order chi connectivity index (χ0) is 7.40. The predicted molar refractivity (Wildman–Crippen MR) is 40.6 cm³/mol. The van der Waals surface area contributed by atoms with Gasteiger partial charge in [-0.25, -0.2) is 4.98 Å². The third-order valence-electron chi connectivity index (χ3n) is 1.09. The Labute approximate surface area is 59.9 Å². The Hall–Kier alpha value is -1.31. The second-order valence-electron chi connectivity index (χ2n) is 1.92. The predicted octanol–water partition coefficient (Wildman–Crippen LogP) is 1.82. The van der Waals surface area contributed by atoms with Gasteiger partial charge in [0.25, 0.3) is 0 Å². The third-order valence-corrected chi connectivity index (χ3v) is 1.09. The van der Waals surface area contributed by atoms with Crippen molar-refractivity contribution < 1.29 is 5.11 Å². The molecule has 0 aliphatic rings. The van der Waals surface area contributed by atoms with Crippen molar-refractivity contribution in [2.24, 2.45) is 0 Å². The van der Waals surface area contributed by atoms with Gasteiger partial charge in [0.15, 0.2) is 0 Å². The average molecular weight is 135 g/mol. The van der Waals surface area contributed by atoms with Crippen LogP contribution in [0.25, 0.3) is 6.08 Å². The largest absolute Gasteiger partial charge is 0.493 e. The van der Waals surface area contributed by atoms with Crippen LogP contribution in [0.1, 0.15) is 12.6 Å². The highest BCUT2D eigenvalue weighted by Gasteiger charge is 1.88. The highest BCUT2D eigenvalue weighted by atomic mass is 16.3. The van der Waals surface area contributed by atoms with Gasteiger partial charge in [-0.15, -0.1) is 0 Å². The van der Waals surface area contributed by atoms with Crippen LogP contribution < -0.4 is 0 Å². The standard InChI is InChI=1S/C8H9NO/c1-2-4-7-5-3-6-8(10)9-7/h2-6H,1H3,(H,9,10)/b4-2-. The number of hydrogen-bond donors (Lipinski definition) is 1. The normalized spacial score (nSPS) is 10.5. The smallest absolute Gasteiger partial charge is 0.211 e. The average Bonchev–Trinajstić information content (AvgIpc) is 1.88. The Morgan fingerprint density at radius 2 is 2.30 bits per heavy atom. The molecule has 0 spiro atoms. The molecule has 1 aromatic heterocycles. The van der Waals surface area contributed by atoms with E-state index in [-0.39, 0.29) is 5.88 Å². The highest BCUT2D eigenvalue weighted by molar-refractivity contribution is 5.44. The molecule has 0 radical (unpaired) electrons. The fourth-order valence-electron chi connectivity index (χ4n) is 0.703. The molecule has 0 amide bonds. The molecule has 0 aliphatic carbocycles. The van der Waals surface area contributed by atoms with E-state index in [0.29, 0.717) is 0 Å². The molecule has 52 valence electrons. The number of rotatable bonds is 1. The van der Waals surface area contributed by atoms with Gasteiger partial charge in [0.05, 0.1) is 5.69 Å². The van der Waals surface area contributed by atoms with Gasteiger partial charge in [-0.05, 0) is 19.1 Å². The Bertz CT molecular complexity index is 243. The molecule has 2 nitrogen and oxygen atoms in total. The zero-order valence-corrected chi connectivity index (χ0v) is 5.78. The number of hydrogen-bond acceptors (Lipinski definition) is 2. The van der Waals surface area contributed by atoms with E-state index in [9.17, 15) is 0 Å². The summed E-state index contributed by atoms with van der Waals surface area (Å²) in [5.74, 6) is 0.0654. The molecule has 1 heterocycles. The zero-order valence-electron chi connectivity index (χ0n) is 5.78. The number of aromatic nitrogens is 1. The van der Waals surface area contributed by atoms with Crippen LogP contribution in [0.15, 0.2) is 24.3 Å². The molecule has 0 aromatic carbocycles. The van der Waals surface area contributed by atoms with Crippen LogP contribution in [0.2, 0.25) is 0 Å². The molecular formula is C8H9NO. The molecule has 0 aliphatic heterocycles. The summed E-state index contributed by atoms with van der Waals surface area (Å²) in [6.07, 6.45) is 3.71. The number of nitrogens with zero attached hydrogens (tertiary/aromatic N) is 1. The molecule has 1 N–H and O–H groups in total. The molecule has 0 fully saturated rings. The van der Waals surface area contributed by atoms with Crippen LogP contribution in [0, 0.1) is 0 Å². The number of aromatic hydroxyl groups is 1. The van der Waals surface area contributed by atoms with Gasteiger partial charge in [-0.2, -0.15) is 0 Å². The maximum atomic E-state index is 8.89. The van der Waals surface area contributed by atoms with Crippen LogP contribution >= 0.6 is 0 Å².